The molecule has 0 aliphatic heterocycles. The topological polar surface area (TPSA) is 85.8 Å². The van der Waals surface area contributed by atoms with Crippen LogP contribution in [-0.4, -0.2) is 30.9 Å². The van der Waals surface area contributed by atoms with Crippen LogP contribution in [0.25, 0.3) is 11.4 Å². The van der Waals surface area contributed by atoms with Crippen molar-refractivity contribution in [2.75, 3.05) is 0 Å². The molecular formula is C16H17N5O2S. The third-order valence-electron chi connectivity index (χ3n) is 3.44. The Morgan fingerprint density at radius 3 is 2.83 bits per heavy atom. The van der Waals surface area contributed by atoms with Crippen LogP contribution >= 0.6 is 11.8 Å². The fourth-order valence-corrected chi connectivity index (χ4v) is 2.95. The fraction of sp³-hybridized carbons (Fsp3) is 0.250. The van der Waals surface area contributed by atoms with Crippen LogP contribution in [0.2, 0.25) is 0 Å². The van der Waals surface area contributed by atoms with Crippen molar-refractivity contribution in [2.24, 2.45) is 7.05 Å². The molecule has 1 N–H and O–H groups in total. The minimum Gasteiger partial charge on any atom is -0.467 e. The summed E-state index contributed by atoms with van der Waals surface area (Å²) in [6.07, 6.45) is 5.00. The molecule has 0 radical (unpaired) electrons. The summed E-state index contributed by atoms with van der Waals surface area (Å²) in [6, 6.07) is 7.36. The van der Waals surface area contributed by atoms with E-state index in [1.807, 2.05) is 36.7 Å². The molecule has 0 aromatic carbocycles. The van der Waals surface area contributed by atoms with Gasteiger partial charge < -0.3 is 14.3 Å². The maximum absolute atomic E-state index is 12.2. The number of thioether (sulfide) groups is 1. The number of furan rings is 1. The number of pyridine rings is 1. The Hall–Kier alpha value is -2.61. The van der Waals surface area contributed by atoms with E-state index in [1.165, 1.54) is 11.8 Å². The average molecular weight is 343 g/mol. The maximum Gasteiger partial charge on any atom is 0.233 e. The van der Waals surface area contributed by atoms with Gasteiger partial charge in [-0.05, 0) is 31.2 Å². The highest BCUT2D eigenvalue weighted by atomic mass is 32.2. The van der Waals surface area contributed by atoms with Gasteiger partial charge in [-0.25, -0.2) is 0 Å². The van der Waals surface area contributed by atoms with Crippen LogP contribution in [0.1, 0.15) is 12.7 Å². The number of rotatable bonds is 6. The van der Waals surface area contributed by atoms with Crippen LogP contribution in [-0.2, 0) is 18.4 Å². The summed E-state index contributed by atoms with van der Waals surface area (Å²) in [4.78, 5) is 16.2. The molecule has 1 amide bonds. The number of amides is 1. The van der Waals surface area contributed by atoms with Crippen molar-refractivity contribution < 1.29 is 9.21 Å². The van der Waals surface area contributed by atoms with Gasteiger partial charge in [-0.3, -0.25) is 9.78 Å². The molecular weight excluding hydrogens is 326 g/mol. The molecule has 0 aliphatic rings. The van der Waals surface area contributed by atoms with Crippen molar-refractivity contribution in [2.45, 2.75) is 23.9 Å². The molecule has 3 aromatic rings. The first-order chi connectivity index (χ1) is 11.6. The predicted octanol–water partition coefficient (Wildman–Crippen LogP) is 2.27. The highest BCUT2D eigenvalue weighted by Gasteiger charge is 2.19. The summed E-state index contributed by atoms with van der Waals surface area (Å²) in [5.74, 6) is 1.38. The zero-order valence-corrected chi connectivity index (χ0v) is 14.2. The lowest BCUT2D eigenvalue weighted by atomic mass is 10.2. The molecule has 0 spiro atoms. The second-order valence-corrected chi connectivity index (χ2v) is 6.47. The molecule has 124 valence electrons. The monoisotopic (exact) mass is 343 g/mol. The van der Waals surface area contributed by atoms with Crippen LogP contribution in [0.3, 0.4) is 0 Å². The Morgan fingerprint density at radius 1 is 1.33 bits per heavy atom. The lowest BCUT2D eigenvalue weighted by Crippen LogP contribution is -2.30. The normalized spacial score (nSPS) is 12.1. The molecule has 24 heavy (non-hydrogen) atoms. The van der Waals surface area contributed by atoms with Crippen LogP contribution in [0, 0.1) is 0 Å². The zero-order valence-electron chi connectivity index (χ0n) is 13.3. The van der Waals surface area contributed by atoms with Crippen LogP contribution in [0.4, 0.5) is 0 Å². The average Bonchev–Trinajstić information content (AvgIpc) is 3.24. The third kappa shape index (κ3) is 3.65. The highest BCUT2D eigenvalue weighted by Crippen LogP contribution is 2.25. The molecule has 1 atom stereocenters. The van der Waals surface area contributed by atoms with Gasteiger partial charge in [-0.15, -0.1) is 10.2 Å². The minimum atomic E-state index is -0.298. The van der Waals surface area contributed by atoms with Gasteiger partial charge in [0, 0.05) is 25.0 Å². The van der Waals surface area contributed by atoms with Crippen LogP contribution in [0.15, 0.2) is 52.5 Å². The standard InChI is InChI=1S/C16H17N5O2S/c1-11(15(22)18-10-13-4-3-9-23-13)24-16-20-19-14(21(16)2)12-5-7-17-8-6-12/h3-9,11H,10H2,1-2H3,(H,18,22)/t11-/m0/s1. The van der Waals surface area contributed by atoms with Crippen molar-refractivity contribution in [1.29, 1.82) is 0 Å². The molecule has 3 heterocycles. The van der Waals surface area contributed by atoms with E-state index in [2.05, 4.69) is 20.5 Å². The number of nitrogens with one attached hydrogen (secondary N) is 1. The van der Waals surface area contributed by atoms with E-state index in [4.69, 9.17) is 4.42 Å². The first kappa shape index (κ1) is 16.3. The summed E-state index contributed by atoms with van der Waals surface area (Å²) in [5.41, 5.74) is 0.932. The fourth-order valence-electron chi connectivity index (χ4n) is 2.11. The highest BCUT2D eigenvalue weighted by molar-refractivity contribution is 8.00. The van der Waals surface area contributed by atoms with E-state index in [0.717, 1.165) is 17.1 Å². The Bertz CT molecular complexity index is 801. The Balaban J connectivity index is 1.63. The van der Waals surface area contributed by atoms with E-state index in [9.17, 15) is 4.79 Å². The van der Waals surface area contributed by atoms with Crippen molar-refractivity contribution in [3.05, 3.63) is 48.7 Å². The quantitative estimate of drug-likeness (QED) is 0.691. The Labute approximate surface area is 143 Å². The van der Waals surface area contributed by atoms with Gasteiger partial charge in [0.1, 0.15) is 5.76 Å². The number of carbonyl (C=O) groups excluding carboxylic acids is 1. The maximum atomic E-state index is 12.2. The van der Waals surface area contributed by atoms with Gasteiger partial charge in [0.15, 0.2) is 11.0 Å². The number of aromatic nitrogens is 4. The lowest BCUT2D eigenvalue weighted by molar-refractivity contribution is -0.120. The summed E-state index contributed by atoms with van der Waals surface area (Å²) < 4.78 is 7.07. The second-order valence-electron chi connectivity index (χ2n) is 5.16. The van der Waals surface area contributed by atoms with Gasteiger partial charge in [0.25, 0.3) is 0 Å². The van der Waals surface area contributed by atoms with Crippen LogP contribution in [0.5, 0.6) is 0 Å². The zero-order chi connectivity index (χ0) is 16.9. The Kier molecular flexibility index (Phi) is 4.95. The molecule has 0 bridgehead atoms. The van der Waals surface area contributed by atoms with E-state index < -0.39 is 0 Å². The van der Waals surface area contributed by atoms with Gasteiger partial charge >= 0.3 is 0 Å². The van der Waals surface area contributed by atoms with Crippen molar-refractivity contribution in [1.82, 2.24) is 25.1 Å². The summed E-state index contributed by atoms with van der Waals surface area (Å²) in [6.45, 7) is 2.21. The molecule has 0 aliphatic carbocycles. The number of hydrogen-bond acceptors (Lipinski definition) is 6. The Morgan fingerprint density at radius 2 is 2.12 bits per heavy atom. The smallest absolute Gasteiger partial charge is 0.233 e. The molecule has 7 nitrogen and oxygen atoms in total. The largest absolute Gasteiger partial charge is 0.467 e. The SMILES string of the molecule is C[C@H](Sc1nnc(-c2ccncc2)n1C)C(=O)NCc1ccco1. The van der Waals surface area contributed by atoms with Crippen LogP contribution < -0.4 is 5.32 Å². The predicted molar refractivity (Wildman–Crippen MR) is 90.1 cm³/mol. The van der Waals surface area contributed by atoms with Gasteiger partial charge in [0.05, 0.1) is 18.1 Å². The molecule has 0 saturated carbocycles. The number of carbonyl (C=O) groups is 1. The second kappa shape index (κ2) is 7.31. The molecule has 8 heteroatoms. The lowest BCUT2D eigenvalue weighted by Gasteiger charge is -2.11. The van der Waals surface area contributed by atoms with E-state index in [-0.39, 0.29) is 11.2 Å². The number of hydrogen-bond donors (Lipinski definition) is 1. The van der Waals surface area contributed by atoms with Crippen molar-refractivity contribution in [3.63, 3.8) is 0 Å². The van der Waals surface area contributed by atoms with Gasteiger partial charge in [0.2, 0.25) is 5.91 Å². The van der Waals surface area contributed by atoms with E-state index in [0.29, 0.717) is 11.7 Å². The molecule has 0 saturated heterocycles. The third-order valence-corrected chi connectivity index (χ3v) is 4.58. The van der Waals surface area contributed by atoms with Gasteiger partial charge in [-0.1, -0.05) is 11.8 Å². The van der Waals surface area contributed by atoms with Crippen molar-refractivity contribution in [3.8, 4) is 11.4 Å². The van der Waals surface area contributed by atoms with Gasteiger partial charge in [-0.2, -0.15) is 0 Å². The molecule has 3 rings (SSSR count). The number of nitrogens with zero attached hydrogens (tertiary/aromatic N) is 4. The minimum absolute atomic E-state index is 0.0788. The summed E-state index contributed by atoms with van der Waals surface area (Å²) >= 11 is 1.36. The molecule has 0 fully saturated rings. The molecule has 0 unspecified atom stereocenters. The summed E-state index contributed by atoms with van der Waals surface area (Å²) in [7, 11) is 1.88. The van der Waals surface area contributed by atoms with E-state index in [1.54, 1.807) is 24.7 Å². The first-order valence-electron chi connectivity index (χ1n) is 7.41. The molecule has 3 aromatic heterocycles. The first-order valence-corrected chi connectivity index (χ1v) is 8.29. The van der Waals surface area contributed by atoms with Crippen molar-refractivity contribution >= 4 is 17.7 Å². The summed E-state index contributed by atoms with van der Waals surface area (Å²) in [5, 5.41) is 11.6. The van der Waals surface area contributed by atoms with E-state index >= 15 is 0 Å².